The Morgan fingerprint density at radius 1 is 0.403 bits per heavy atom. The van der Waals surface area contributed by atoms with Crippen LogP contribution in [-0.4, -0.2) is 47.4 Å². The third kappa shape index (κ3) is 53.5. The van der Waals surface area contributed by atoms with E-state index in [1.165, 1.54) is 244 Å². The van der Waals surface area contributed by atoms with Crippen molar-refractivity contribution in [2.75, 3.05) is 13.2 Å². The molecule has 0 bridgehead atoms. The van der Waals surface area contributed by atoms with Gasteiger partial charge in [0.1, 0.15) is 0 Å². The molecule has 2 unspecified atom stereocenters. The Morgan fingerprint density at radius 3 is 1.06 bits per heavy atom. The average molecular weight is 945 g/mol. The van der Waals surface area contributed by atoms with E-state index in [1.54, 1.807) is 6.08 Å². The van der Waals surface area contributed by atoms with Crippen molar-refractivity contribution in [3.63, 3.8) is 0 Å². The fourth-order valence-electron chi connectivity index (χ4n) is 9.34. The molecule has 0 aliphatic carbocycles. The summed E-state index contributed by atoms with van der Waals surface area (Å²) in [4.78, 5) is 24.5. The van der Waals surface area contributed by atoms with E-state index in [0.29, 0.717) is 19.4 Å². The number of ether oxygens (including phenoxy) is 1. The quantitative estimate of drug-likeness (QED) is 0.0321. The lowest BCUT2D eigenvalue weighted by atomic mass is 10.0. The van der Waals surface area contributed by atoms with Gasteiger partial charge in [-0.3, -0.25) is 9.59 Å². The van der Waals surface area contributed by atoms with Crippen LogP contribution in [0.5, 0.6) is 0 Å². The second-order valence-electron chi connectivity index (χ2n) is 20.7. The molecule has 2 atom stereocenters. The van der Waals surface area contributed by atoms with Crippen LogP contribution in [0.25, 0.3) is 0 Å². The summed E-state index contributed by atoms with van der Waals surface area (Å²) in [5, 5.41) is 23.1. The van der Waals surface area contributed by atoms with Gasteiger partial charge in [0.05, 0.1) is 25.4 Å². The van der Waals surface area contributed by atoms with Gasteiger partial charge in [-0.15, -0.1) is 0 Å². The molecule has 0 saturated heterocycles. The van der Waals surface area contributed by atoms with E-state index >= 15 is 0 Å². The van der Waals surface area contributed by atoms with E-state index < -0.39 is 12.1 Å². The Hall–Kier alpha value is -1.66. The van der Waals surface area contributed by atoms with Crippen LogP contribution in [0.4, 0.5) is 0 Å². The Balaban J connectivity index is 3.46. The molecule has 3 N–H and O–H groups in total. The van der Waals surface area contributed by atoms with E-state index in [1.807, 2.05) is 6.08 Å². The predicted molar refractivity (Wildman–Crippen MR) is 292 cm³/mol. The maximum Gasteiger partial charge on any atom is 0.305 e. The Kier molecular flexibility index (Phi) is 55.5. The Morgan fingerprint density at radius 2 is 0.701 bits per heavy atom. The Labute approximate surface area is 418 Å². The minimum Gasteiger partial charge on any atom is -0.466 e. The van der Waals surface area contributed by atoms with Gasteiger partial charge in [0.15, 0.2) is 0 Å². The molecule has 67 heavy (non-hydrogen) atoms. The van der Waals surface area contributed by atoms with Gasteiger partial charge in [0.25, 0.3) is 0 Å². The fraction of sp³-hybridized carbons (Fsp3) is 0.902. The van der Waals surface area contributed by atoms with Crippen molar-refractivity contribution in [3.8, 4) is 0 Å². The van der Waals surface area contributed by atoms with Crippen molar-refractivity contribution in [1.82, 2.24) is 5.32 Å². The highest BCUT2D eigenvalue weighted by Crippen LogP contribution is 2.17. The summed E-state index contributed by atoms with van der Waals surface area (Å²) >= 11 is 0. The number of unbranched alkanes of at least 4 members (excludes halogenated alkanes) is 43. The summed E-state index contributed by atoms with van der Waals surface area (Å²) in [6.45, 7) is 4.90. The molecule has 0 saturated carbocycles. The highest BCUT2D eigenvalue weighted by Gasteiger charge is 2.18. The van der Waals surface area contributed by atoms with Crippen LogP contribution in [0.2, 0.25) is 0 Å². The van der Waals surface area contributed by atoms with Crippen LogP contribution >= 0.6 is 0 Å². The molecule has 6 nitrogen and oxygen atoms in total. The molecule has 0 fully saturated rings. The van der Waals surface area contributed by atoms with Crippen molar-refractivity contribution in [2.45, 2.75) is 341 Å². The van der Waals surface area contributed by atoms with Crippen LogP contribution in [0.15, 0.2) is 24.3 Å². The highest BCUT2D eigenvalue weighted by molar-refractivity contribution is 5.76. The van der Waals surface area contributed by atoms with Crippen molar-refractivity contribution in [1.29, 1.82) is 0 Å². The maximum atomic E-state index is 12.5. The molecule has 6 heteroatoms. The van der Waals surface area contributed by atoms with E-state index in [9.17, 15) is 19.8 Å². The fourth-order valence-corrected chi connectivity index (χ4v) is 9.34. The molecule has 0 rings (SSSR count). The molecule has 0 spiro atoms. The van der Waals surface area contributed by atoms with Crippen LogP contribution < -0.4 is 5.32 Å². The number of amides is 1. The van der Waals surface area contributed by atoms with Crippen LogP contribution in [0.3, 0.4) is 0 Å². The molecule has 0 radical (unpaired) electrons. The topological polar surface area (TPSA) is 95.9 Å². The number of nitrogens with one attached hydrogen (secondary N) is 1. The summed E-state index contributed by atoms with van der Waals surface area (Å²) in [5.74, 6) is -0.0767. The second-order valence-corrected chi connectivity index (χ2v) is 20.7. The van der Waals surface area contributed by atoms with Gasteiger partial charge in [0, 0.05) is 12.8 Å². The summed E-state index contributed by atoms with van der Waals surface area (Å²) < 4.78 is 5.48. The lowest BCUT2D eigenvalue weighted by molar-refractivity contribution is -0.143. The van der Waals surface area contributed by atoms with Gasteiger partial charge in [-0.25, -0.2) is 0 Å². The second kappa shape index (κ2) is 56.9. The minimum absolute atomic E-state index is 0.00149. The van der Waals surface area contributed by atoms with Crippen LogP contribution in [0, 0.1) is 0 Å². The summed E-state index contributed by atoms with van der Waals surface area (Å²) in [6.07, 6.45) is 69.2. The van der Waals surface area contributed by atoms with Crippen molar-refractivity contribution in [2.24, 2.45) is 0 Å². The molecule has 0 aliphatic rings. The number of aliphatic hydroxyl groups is 2. The van der Waals surface area contributed by atoms with Gasteiger partial charge < -0.3 is 20.3 Å². The molecule has 0 aromatic rings. The van der Waals surface area contributed by atoms with E-state index in [2.05, 4.69) is 31.3 Å². The number of esters is 1. The van der Waals surface area contributed by atoms with Crippen molar-refractivity contribution in [3.05, 3.63) is 24.3 Å². The van der Waals surface area contributed by atoms with Crippen molar-refractivity contribution < 1.29 is 24.5 Å². The first-order valence-corrected chi connectivity index (χ1v) is 30.1. The number of carbonyl (C=O) groups is 2. The lowest BCUT2D eigenvalue weighted by Crippen LogP contribution is -2.45. The monoisotopic (exact) mass is 944 g/mol. The lowest BCUT2D eigenvalue weighted by Gasteiger charge is -2.20. The largest absolute Gasteiger partial charge is 0.466 e. The Bertz CT molecular complexity index is 1040. The molecule has 0 aromatic heterocycles. The summed E-state index contributed by atoms with van der Waals surface area (Å²) in [5.41, 5.74) is 0. The number of hydrogen-bond acceptors (Lipinski definition) is 5. The third-order valence-corrected chi connectivity index (χ3v) is 14.0. The SMILES string of the molecule is CCCCCCCCCCCCCCCC/C=C/C(O)C(CO)NC(=O)CCCCCCCCC/C=C\CCCCCCCCOC(=O)CCCCCCCCCCCCCCCCCCC. The average Bonchev–Trinajstić information content (AvgIpc) is 3.33. The van der Waals surface area contributed by atoms with Gasteiger partial charge in [-0.05, 0) is 57.8 Å². The highest BCUT2D eigenvalue weighted by atomic mass is 16.5. The molecule has 0 heterocycles. The van der Waals surface area contributed by atoms with Crippen molar-refractivity contribution >= 4 is 11.9 Å². The maximum absolute atomic E-state index is 12.5. The molecule has 1 amide bonds. The third-order valence-electron chi connectivity index (χ3n) is 14.0. The number of allylic oxidation sites excluding steroid dienone is 3. The van der Waals surface area contributed by atoms with E-state index in [0.717, 1.165) is 57.8 Å². The normalized spacial score (nSPS) is 12.7. The van der Waals surface area contributed by atoms with Gasteiger partial charge in [-0.1, -0.05) is 282 Å². The first-order valence-electron chi connectivity index (χ1n) is 30.1. The van der Waals surface area contributed by atoms with Crippen LogP contribution in [0.1, 0.15) is 328 Å². The molecular formula is C61H117NO5. The first-order chi connectivity index (χ1) is 33.0. The predicted octanol–water partition coefficient (Wildman–Crippen LogP) is 18.6. The molecule has 0 aromatic carbocycles. The zero-order valence-corrected chi connectivity index (χ0v) is 45.1. The standard InChI is InChI=1S/C61H117NO5/c1-3-5-7-9-11-13-15-17-19-22-27-31-35-39-43-47-51-55-61(66)67-56-52-48-44-40-36-32-28-24-21-23-26-30-34-38-42-46-50-54-60(65)62-58(57-63)59(64)53-49-45-41-37-33-29-25-20-18-16-14-12-10-8-6-4-2/h21,24,49,53,58-59,63-64H,3-20,22-23,25-48,50-52,54-57H2,1-2H3,(H,62,65)/b24-21-,53-49+. The smallest absolute Gasteiger partial charge is 0.305 e. The minimum atomic E-state index is -0.852. The number of carbonyl (C=O) groups excluding carboxylic acids is 2. The van der Waals surface area contributed by atoms with Gasteiger partial charge in [-0.2, -0.15) is 0 Å². The number of hydrogen-bond donors (Lipinski definition) is 3. The van der Waals surface area contributed by atoms with Crippen LogP contribution in [-0.2, 0) is 14.3 Å². The first kappa shape index (κ1) is 65.3. The van der Waals surface area contributed by atoms with E-state index in [-0.39, 0.29) is 18.5 Å². The zero-order chi connectivity index (χ0) is 48.6. The summed E-state index contributed by atoms with van der Waals surface area (Å²) in [7, 11) is 0. The number of aliphatic hydroxyl groups excluding tert-OH is 2. The zero-order valence-electron chi connectivity index (χ0n) is 45.1. The summed E-state index contributed by atoms with van der Waals surface area (Å²) in [6, 6.07) is -0.636. The molecular weight excluding hydrogens is 827 g/mol. The van der Waals surface area contributed by atoms with E-state index in [4.69, 9.17) is 4.74 Å². The van der Waals surface area contributed by atoms with Gasteiger partial charge >= 0.3 is 5.97 Å². The van der Waals surface area contributed by atoms with Gasteiger partial charge in [0.2, 0.25) is 5.91 Å². The number of rotatable bonds is 56. The molecule has 396 valence electrons. The molecule has 0 aliphatic heterocycles.